The van der Waals surface area contributed by atoms with Crippen molar-refractivity contribution in [2.45, 2.75) is 43.5 Å². The molecule has 1 fully saturated rings. The van der Waals surface area contributed by atoms with Crippen molar-refractivity contribution >= 4 is 10.0 Å². The van der Waals surface area contributed by atoms with E-state index in [1.54, 1.807) is 24.3 Å². The van der Waals surface area contributed by atoms with Crippen molar-refractivity contribution in [3.63, 3.8) is 0 Å². The van der Waals surface area contributed by atoms with Gasteiger partial charge in [-0.25, -0.2) is 17.8 Å². The van der Waals surface area contributed by atoms with Crippen molar-refractivity contribution in [1.29, 1.82) is 0 Å². The molecule has 0 radical (unpaired) electrons. The molecule has 3 rings (SSSR count). The lowest BCUT2D eigenvalue weighted by Gasteiger charge is -2.29. The van der Waals surface area contributed by atoms with Gasteiger partial charge in [0.1, 0.15) is 6.33 Å². The maximum absolute atomic E-state index is 12.5. The minimum absolute atomic E-state index is 0.0259. The summed E-state index contributed by atoms with van der Waals surface area (Å²) in [6.45, 7) is 2.10. The Labute approximate surface area is 129 Å². The third kappa shape index (κ3) is 3.17. The number of nitrogens with zero attached hydrogens (tertiary/aromatic N) is 4. The molecule has 2 aromatic rings. The molecule has 1 aromatic carbocycles. The molecule has 1 heterocycles. The smallest absolute Gasteiger partial charge is 0.208 e. The van der Waals surface area contributed by atoms with Gasteiger partial charge in [0.25, 0.3) is 0 Å². The molecule has 0 saturated heterocycles. The quantitative estimate of drug-likeness (QED) is 0.922. The van der Waals surface area contributed by atoms with Crippen LogP contribution >= 0.6 is 0 Å². The first kappa shape index (κ1) is 15.1. The minimum atomic E-state index is -3.49. The number of rotatable bonds is 4. The van der Waals surface area contributed by atoms with Crippen molar-refractivity contribution in [3.8, 4) is 5.69 Å². The largest absolute Gasteiger partial charge is 0.240 e. The predicted molar refractivity (Wildman–Crippen MR) is 80.9 cm³/mol. The number of tetrazole rings is 1. The van der Waals surface area contributed by atoms with Gasteiger partial charge in [-0.1, -0.05) is 19.8 Å². The van der Waals surface area contributed by atoms with E-state index in [9.17, 15) is 8.42 Å². The van der Waals surface area contributed by atoms with Crippen LogP contribution in [0, 0.1) is 5.92 Å². The fourth-order valence-corrected chi connectivity index (χ4v) is 4.20. The number of benzene rings is 1. The van der Waals surface area contributed by atoms with E-state index in [2.05, 4.69) is 27.2 Å². The van der Waals surface area contributed by atoms with E-state index in [-0.39, 0.29) is 10.9 Å². The maximum atomic E-state index is 12.5. The van der Waals surface area contributed by atoms with E-state index in [1.165, 1.54) is 17.4 Å². The molecule has 1 aliphatic rings. The summed E-state index contributed by atoms with van der Waals surface area (Å²) in [6, 6.07) is 6.56. The Morgan fingerprint density at radius 1 is 1.18 bits per heavy atom. The fourth-order valence-electron chi connectivity index (χ4n) is 2.82. The monoisotopic (exact) mass is 321 g/mol. The van der Waals surface area contributed by atoms with Crippen LogP contribution in [0.1, 0.15) is 32.6 Å². The van der Waals surface area contributed by atoms with Gasteiger partial charge in [-0.05, 0) is 53.5 Å². The summed E-state index contributed by atoms with van der Waals surface area (Å²) in [5, 5.41) is 10.9. The molecular formula is C14H19N5O2S. The Morgan fingerprint density at radius 3 is 2.55 bits per heavy atom. The normalized spacial score (nSPS) is 22.6. The van der Waals surface area contributed by atoms with E-state index in [0.29, 0.717) is 5.92 Å². The zero-order chi connectivity index (χ0) is 15.6. The van der Waals surface area contributed by atoms with Crippen LogP contribution in [0.3, 0.4) is 0 Å². The van der Waals surface area contributed by atoms with Crippen molar-refractivity contribution in [3.05, 3.63) is 30.6 Å². The summed E-state index contributed by atoms with van der Waals surface area (Å²) < 4.78 is 29.3. The number of hydrogen-bond donors (Lipinski definition) is 1. The van der Waals surface area contributed by atoms with Crippen molar-refractivity contribution in [1.82, 2.24) is 24.9 Å². The molecule has 0 amide bonds. The molecule has 22 heavy (non-hydrogen) atoms. The number of nitrogens with one attached hydrogen (secondary N) is 1. The lowest BCUT2D eigenvalue weighted by atomic mass is 9.87. The topological polar surface area (TPSA) is 89.8 Å². The second-order valence-corrected chi connectivity index (χ2v) is 7.45. The summed E-state index contributed by atoms with van der Waals surface area (Å²) in [5.74, 6) is 0.379. The van der Waals surface area contributed by atoms with Crippen LogP contribution < -0.4 is 4.72 Å². The van der Waals surface area contributed by atoms with Crippen LogP contribution in [-0.4, -0.2) is 34.7 Å². The number of hydrogen-bond acceptors (Lipinski definition) is 5. The molecule has 0 bridgehead atoms. The van der Waals surface area contributed by atoms with Gasteiger partial charge >= 0.3 is 0 Å². The Bertz CT molecular complexity index is 712. The number of aromatic nitrogens is 4. The lowest BCUT2D eigenvalue weighted by Crippen LogP contribution is -2.40. The molecule has 1 aromatic heterocycles. The maximum Gasteiger partial charge on any atom is 0.240 e. The summed E-state index contributed by atoms with van der Waals surface area (Å²) in [4.78, 5) is 0.266. The number of sulfonamides is 1. The average Bonchev–Trinajstić information content (AvgIpc) is 3.04. The summed E-state index contributed by atoms with van der Waals surface area (Å²) in [7, 11) is -3.49. The zero-order valence-corrected chi connectivity index (χ0v) is 13.2. The zero-order valence-electron chi connectivity index (χ0n) is 12.4. The molecule has 0 spiro atoms. The average molecular weight is 321 g/mol. The van der Waals surface area contributed by atoms with E-state index < -0.39 is 10.0 Å². The molecule has 0 aliphatic heterocycles. The highest BCUT2D eigenvalue weighted by Crippen LogP contribution is 2.25. The predicted octanol–water partition coefficient (Wildman–Crippen LogP) is 1.52. The van der Waals surface area contributed by atoms with Gasteiger partial charge in [-0.3, -0.25) is 0 Å². The van der Waals surface area contributed by atoms with Crippen LogP contribution in [0.5, 0.6) is 0 Å². The standard InChI is InChI=1S/C14H19N5O2S/c1-11-4-2-3-5-14(11)16-22(20,21)13-8-6-12(7-9-13)19-10-15-17-18-19/h6-11,14,16H,2-5H2,1H3/t11-,14+/m0/s1. The molecule has 7 nitrogen and oxygen atoms in total. The van der Waals surface area contributed by atoms with Crippen LogP contribution in [0.2, 0.25) is 0 Å². The third-order valence-corrected chi connectivity index (χ3v) is 5.68. The molecule has 118 valence electrons. The van der Waals surface area contributed by atoms with Gasteiger partial charge in [0.15, 0.2) is 0 Å². The SMILES string of the molecule is C[C@H]1CCCC[C@H]1NS(=O)(=O)c1ccc(-n2cnnn2)cc1. The molecule has 1 N–H and O–H groups in total. The van der Waals surface area contributed by atoms with Crippen molar-refractivity contribution < 1.29 is 8.42 Å². The van der Waals surface area contributed by atoms with Crippen molar-refractivity contribution in [2.24, 2.45) is 5.92 Å². The molecule has 2 atom stereocenters. The highest BCUT2D eigenvalue weighted by atomic mass is 32.2. The van der Waals surface area contributed by atoms with Crippen LogP contribution in [0.25, 0.3) is 5.69 Å². The van der Waals surface area contributed by atoms with Crippen molar-refractivity contribution in [2.75, 3.05) is 0 Å². The molecule has 1 aliphatic carbocycles. The highest BCUT2D eigenvalue weighted by molar-refractivity contribution is 7.89. The van der Waals surface area contributed by atoms with Gasteiger partial charge in [-0.2, -0.15) is 0 Å². The van der Waals surface area contributed by atoms with E-state index in [4.69, 9.17) is 0 Å². The Hall–Kier alpha value is -1.80. The van der Waals surface area contributed by atoms with Crippen LogP contribution in [0.4, 0.5) is 0 Å². The van der Waals surface area contributed by atoms with E-state index in [0.717, 1.165) is 24.9 Å². The van der Waals surface area contributed by atoms with Gasteiger partial charge in [0, 0.05) is 6.04 Å². The van der Waals surface area contributed by atoms with E-state index >= 15 is 0 Å². The van der Waals surface area contributed by atoms with Gasteiger partial charge < -0.3 is 0 Å². The Balaban J connectivity index is 1.77. The molecule has 0 unspecified atom stereocenters. The summed E-state index contributed by atoms with van der Waals surface area (Å²) >= 11 is 0. The minimum Gasteiger partial charge on any atom is -0.208 e. The van der Waals surface area contributed by atoms with Crippen LogP contribution in [0.15, 0.2) is 35.5 Å². The highest BCUT2D eigenvalue weighted by Gasteiger charge is 2.26. The molecule has 8 heteroatoms. The van der Waals surface area contributed by atoms with Gasteiger partial charge in [0.2, 0.25) is 10.0 Å². The first-order chi connectivity index (χ1) is 10.6. The second kappa shape index (κ2) is 6.13. The third-order valence-electron chi connectivity index (χ3n) is 4.18. The Morgan fingerprint density at radius 2 is 1.91 bits per heavy atom. The van der Waals surface area contributed by atoms with E-state index in [1.807, 2.05) is 0 Å². The Kier molecular flexibility index (Phi) is 4.21. The molecular weight excluding hydrogens is 302 g/mol. The summed E-state index contributed by atoms with van der Waals surface area (Å²) in [6.07, 6.45) is 5.70. The van der Waals surface area contributed by atoms with Crippen LogP contribution in [-0.2, 0) is 10.0 Å². The first-order valence-corrected chi connectivity index (χ1v) is 8.90. The lowest BCUT2D eigenvalue weighted by molar-refractivity contribution is 0.310. The summed E-state index contributed by atoms with van der Waals surface area (Å²) in [5.41, 5.74) is 0.718. The molecule has 1 saturated carbocycles. The fraction of sp³-hybridized carbons (Fsp3) is 0.500. The van der Waals surface area contributed by atoms with Gasteiger partial charge in [-0.15, -0.1) is 5.10 Å². The first-order valence-electron chi connectivity index (χ1n) is 7.42. The second-order valence-electron chi connectivity index (χ2n) is 5.74. The van der Waals surface area contributed by atoms with Gasteiger partial charge in [0.05, 0.1) is 10.6 Å².